The third-order valence-electron chi connectivity index (χ3n) is 9.65. The van der Waals surface area contributed by atoms with Crippen molar-refractivity contribution in [2.24, 2.45) is 5.41 Å². The predicted octanol–water partition coefficient (Wildman–Crippen LogP) is 3.82. The van der Waals surface area contributed by atoms with Gasteiger partial charge in [-0.25, -0.2) is 19.3 Å². The highest BCUT2D eigenvalue weighted by atomic mass is 32.2. The van der Waals surface area contributed by atoms with Crippen molar-refractivity contribution in [1.29, 1.82) is 0 Å². The maximum absolute atomic E-state index is 12.6. The van der Waals surface area contributed by atoms with E-state index >= 15 is 0 Å². The van der Waals surface area contributed by atoms with Gasteiger partial charge >= 0.3 is 0 Å². The number of thioether (sulfide) groups is 1. The van der Waals surface area contributed by atoms with Crippen molar-refractivity contribution in [3.63, 3.8) is 0 Å². The Labute approximate surface area is 422 Å². The lowest BCUT2D eigenvalue weighted by Gasteiger charge is -2.35. The van der Waals surface area contributed by atoms with Gasteiger partial charge in [0, 0.05) is 37.1 Å². The first-order valence-electron chi connectivity index (χ1n) is 21.8. The number of allylic oxidation sites excluding steroid dienone is 10. The van der Waals surface area contributed by atoms with Gasteiger partial charge in [-0.1, -0.05) is 93.3 Å². The Kier molecular flexibility index (Phi) is 32.0. The Morgan fingerprint density at radius 1 is 0.889 bits per heavy atom. The van der Waals surface area contributed by atoms with Crippen LogP contribution in [0.25, 0.3) is 11.2 Å². The number of aliphatic hydroxyl groups excluding tert-OH is 2. The van der Waals surface area contributed by atoms with Crippen molar-refractivity contribution in [3.8, 4) is 0 Å². The van der Waals surface area contributed by atoms with E-state index in [4.69, 9.17) is 10.5 Å². The molecule has 410 valence electrons. The standard InChI is InChI=1S/C41H64N7O17P3S.3H3N/c1-4-5-6-7-8-9-10-11-12-13-14-15-16-17-18-19-20-21-32(50)69-25-24-43-31(49)22-23-44-39(53)36(52)41(2,3)27-62-68(59,60)65-67(57,58)61-26-30-35(64-66(54,55)56)34(51)40(63-30)48-29-47-33-37(42)45-28-46-38(33)48;;;/h5-6,8-9,11-12,14-15,17-18,28-30,34-36,40,51-52H,4,7,10,13,16,19-27H2,1-3H3,(H,43,49)(H,44,53)(H,57,58)(H,59,60)(H2,42,45,46)(H2,54,55,56);3*1H3/b6-5-,9-8-,12-11-,15-14-,18-17-;;;/t30-,34-,35-,36+,40-;;;/m1.../s1. The summed E-state index contributed by atoms with van der Waals surface area (Å²) in [6.45, 7) is 2.27. The van der Waals surface area contributed by atoms with Crippen LogP contribution in [0.3, 0.4) is 0 Å². The summed E-state index contributed by atoms with van der Waals surface area (Å²) >= 11 is 1.10. The quantitative estimate of drug-likeness (QED) is 0.0285. The number of ether oxygens (including phenoxy) is 1. The van der Waals surface area contributed by atoms with Gasteiger partial charge in [-0.2, -0.15) is 0 Å². The van der Waals surface area contributed by atoms with Gasteiger partial charge in [-0.05, 0) is 44.9 Å². The van der Waals surface area contributed by atoms with Gasteiger partial charge in [0.1, 0.15) is 36.3 Å². The first-order valence-corrected chi connectivity index (χ1v) is 27.2. The van der Waals surface area contributed by atoms with E-state index < -0.39 is 84.6 Å². The van der Waals surface area contributed by atoms with E-state index in [9.17, 15) is 57.9 Å². The number of nitrogen functional groups attached to an aromatic ring is 1. The summed E-state index contributed by atoms with van der Waals surface area (Å²) in [4.78, 5) is 94.8. The minimum Gasteiger partial charge on any atom is -0.756 e. The zero-order chi connectivity index (χ0) is 51.1. The zero-order valence-corrected chi connectivity index (χ0v) is 44.9. The average Bonchev–Trinajstić information content (AvgIpc) is 3.84. The van der Waals surface area contributed by atoms with Gasteiger partial charge in [0.25, 0.3) is 23.5 Å². The minimum absolute atomic E-state index is 0. The number of fused-ring (bicyclic) bond motifs is 1. The fourth-order valence-electron chi connectivity index (χ4n) is 6.08. The molecular weight excluding hydrogens is 1030 g/mol. The lowest BCUT2D eigenvalue weighted by atomic mass is 9.87. The van der Waals surface area contributed by atoms with Gasteiger partial charge < -0.3 is 82.9 Å². The SMILES string of the molecule is CC/C=C\C/C=C\C/C=C\C/C=C\C/C=C\CCCC(=O)SCCNC(=O)CCNC(=O)[C@H](O)C(C)(C)COP(=O)([O-])OP(=O)([O-])OC[C@H]1O[C@@H](n2cnc3c(N)ncnc32)[C@H](O)[C@@H]1OP(=O)([O-])O.[NH4+].[NH4+].[NH4+]. The van der Waals surface area contributed by atoms with Crippen molar-refractivity contribution >= 4 is 69.1 Å². The molecule has 3 heterocycles. The van der Waals surface area contributed by atoms with E-state index in [1.807, 2.05) is 6.08 Å². The number of aromatic nitrogens is 4. The number of imidazole rings is 1. The summed E-state index contributed by atoms with van der Waals surface area (Å²) in [5, 5.41) is 26.4. The molecule has 3 unspecified atom stereocenters. The lowest BCUT2D eigenvalue weighted by Crippen LogP contribution is -2.46. The summed E-state index contributed by atoms with van der Waals surface area (Å²) in [6.07, 6.45) is 20.3. The van der Waals surface area contributed by atoms with Gasteiger partial charge in [-0.3, -0.25) is 32.6 Å². The van der Waals surface area contributed by atoms with Crippen LogP contribution in [-0.4, -0.2) is 108 Å². The van der Waals surface area contributed by atoms with Crippen LogP contribution in [0.4, 0.5) is 5.82 Å². The molecule has 2 aromatic heterocycles. The van der Waals surface area contributed by atoms with Crippen LogP contribution in [0, 0.1) is 5.41 Å². The summed E-state index contributed by atoms with van der Waals surface area (Å²) in [7, 11) is -17.4. The first kappa shape index (κ1) is 68.1. The molecule has 1 saturated heterocycles. The summed E-state index contributed by atoms with van der Waals surface area (Å²) in [5.74, 6) is -1.18. The number of unbranched alkanes of at least 4 members (excludes halogenated alkanes) is 1. The molecule has 2 amide bonds. The zero-order valence-electron chi connectivity index (χ0n) is 41.4. The fourth-order valence-corrected chi connectivity index (χ4v) is 9.55. The Balaban J connectivity index is 0.0000168. The summed E-state index contributed by atoms with van der Waals surface area (Å²) in [5.41, 5.74) is 4.12. The molecule has 0 saturated carbocycles. The van der Waals surface area contributed by atoms with E-state index in [0.29, 0.717) is 18.6 Å². The number of phosphoric acid groups is 3. The van der Waals surface area contributed by atoms with Crippen molar-refractivity contribution in [1.82, 2.24) is 48.6 Å². The van der Waals surface area contributed by atoms with Crippen molar-refractivity contribution in [2.45, 2.75) is 109 Å². The number of anilines is 1. The number of quaternary nitrogens is 3. The van der Waals surface area contributed by atoms with Crippen molar-refractivity contribution in [2.75, 3.05) is 37.8 Å². The van der Waals surface area contributed by atoms with E-state index in [1.54, 1.807) is 0 Å². The summed E-state index contributed by atoms with van der Waals surface area (Å²) < 4.78 is 61.1. The highest BCUT2D eigenvalue weighted by Gasteiger charge is 2.48. The largest absolute Gasteiger partial charge is 0.756 e. The third kappa shape index (κ3) is 25.4. The molecular formula is C41H73N10O17P3S. The van der Waals surface area contributed by atoms with Gasteiger partial charge in [0.05, 0.1) is 19.5 Å². The number of carbonyl (C=O) groups is 3. The molecule has 27 nitrogen and oxygen atoms in total. The van der Waals surface area contributed by atoms with Gasteiger partial charge in [0.2, 0.25) is 11.8 Å². The van der Waals surface area contributed by atoms with E-state index in [-0.39, 0.29) is 60.1 Å². The molecule has 1 aliphatic heterocycles. The van der Waals surface area contributed by atoms with E-state index in [0.717, 1.165) is 67.5 Å². The number of aliphatic hydroxyl groups is 2. The number of carbonyl (C=O) groups excluding carboxylic acids is 3. The molecule has 0 spiro atoms. The molecule has 31 heteroatoms. The Hall–Kier alpha value is -3.86. The summed E-state index contributed by atoms with van der Waals surface area (Å²) in [6, 6.07) is 0. The number of nitrogens with two attached hydrogens (primary N) is 1. The van der Waals surface area contributed by atoms with E-state index in [1.165, 1.54) is 13.8 Å². The van der Waals surface area contributed by atoms with Crippen molar-refractivity contribution < 1.29 is 80.5 Å². The molecule has 0 radical (unpaired) electrons. The second kappa shape index (κ2) is 33.9. The molecule has 1 fully saturated rings. The predicted molar refractivity (Wildman–Crippen MR) is 267 cm³/mol. The van der Waals surface area contributed by atoms with Crippen LogP contribution >= 0.6 is 35.2 Å². The Morgan fingerprint density at radius 2 is 1.47 bits per heavy atom. The maximum Gasteiger partial charge on any atom is 0.274 e. The number of amides is 2. The monoisotopic (exact) mass is 1100 g/mol. The highest BCUT2D eigenvalue weighted by Crippen LogP contribution is 2.56. The normalized spacial score (nSPS) is 20.2. The van der Waals surface area contributed by atoms with Crippen LogP contribution in [0.5, 0.6) is 0 Å². The van der Waals surface area contributed by atoms with E-state index in [2.05, 4.69) is 105 Å². The minimum atomic E-state index is -5.91. The molecule has 19 N–H and O–H groups in total. The molecule has 1 aliphatic rings. The van der Waals surface area contributed by atoms with Gasteiger partial charge in [0.15, 0.2) is 22.8 Å². The van der Waals surface area contributed by atoms with Crippen LogP contribution in [0.2, 0.25) is 0 Å². The molecule has 0 bridgehead atoms. The van der Waals surface area contributed by atoms with Crippen molar-refractivity contribution in [3.05, 3.63) is 73.4 Å². The number of nitrogens with zero attached hydrogens (tertiary/aromatic N) is 4. The third-order valence-corrected chi connectivity index (χ3v) is 13.6. The highest BCUT2D eigenvalue weighted by molar-refractivity contribution is 8.13. The average molecular weight is 1100 g/mol. The van der Waals surface area contributed by atoms with Crippen LogP contribution in [-0.2, 0) is 50.7 Å². The molecule has 2 aromatic rings. The fraction of sp³-hybridized carbons (Fsp3) is 0.561. The van der Waals surface area contributed by atoms with Crippen LogP contribution < -0.4 is 49.5 Å². The number of hydrogen-bond acceptors (Lipinski definition) is 21. The second-order valence-corrected chi connectivity index (χ2v) is 21.1. The van der Waals surface area contributed by atoms with Gasteiger partial charge in [-0.15, -0.1) is 0 Å². The maximum atomic E-state index is 12.6. The number of nitrogens with one attached hydrogen (secondary N) is 2. The lowest BCUT2D eigenvalue weighted by molar-refractivity contribution is -0.247. The molecule has 8 atom stereocenters. The first-order chi connectivity index (χ1) is 32.6. The Morgan fingerprint density at radius 3 is 2.07 bits per heavy atom. The van der Waals surface area contributed by atoms with Crippen LogP contribution in [0.15, 0.2) is 73.4 Å². The number of rotatable bonds is 32. The Bertz CT molecular complexity index is 2280. The number of hydrogen-bond donors (Lipinski definition) is 9. The smallest absolute Gasteiger partial charge is 0.274 e. The topological polar surface area (TPSA) is 482 Å². The molecule has 0 aliphatic carbocycles. The van der Waals surface area contributed by atoms with Crippen LogP contribution in [0.1, 0.15) is 84.8 Å². The molecule has 0 aromatic carbocycles. The second-order valence-electron chi connectivity index (χ2n) is 15.8. The number of phosphoric ester groups is 3. The molecule has 72 heavy (non-hydrogen) atoms. The molecule has 3 rings (SSSR count).